The van der Waals surface area contributed by atoms with E-state index in [0.717, 1.165) is 32.6 Å². The molecule has 0 spiro atoms. The predicted molar refractivity (Wildman–Crippen MR) is 92.7 cm³/mol. The normalized spacial score (nSPS) is 15.0. The van der Waals surface area contributed by atoms with E-state index < -0.39 is 0 Å². The summed E-state index contributed by atoms with van der Waals surface area (Å²) in [6.07, 6.45) is 0. The fourth-order valence-corrected chi connectivity index (χ4v) is 4.61. The Kier molecular flexibility index (Phi) is 4.88. The molecule has 0 saturated heterocycles. The summed E-state index contributed by atoms with van der Waals surface area (Å²) in [7, 11) is 0. The third-order valence-corrected chi connectivity index (χ3v) is 5.91. The first-order valence-corrected chi connectivity index (χ1v) is 9.22. The summed E-state index contributed by atoms with van der Waals surface area (Å²) >= 11 is 9.04. The van der Waals surface area contributed by atoms with Gasteiger partial charge in [0.05, 0.1) is 6.04 Å². The van der Waals surface area contributed by atoms with E-state index in [4.69, 9.17) is 9.47 Å². The number of rotatable bonds is 4. The summed E-state index contributed by atoms with van der Waals surface area (Å²) in [5.41, 5.74) is 1.16. The zero-order chi connectivity index (χ0) is 14.8. The molecule has 3 rings (SSSR count). The minimum absolute atomic E-state index is 0.120. The van der Waals surface area contributed by atoms with Gasteiger partial charge in [-0.05, 0) is 51.6 Å². The third-order valence-electron chi connectivity index (χ3n) is 3.29. The van der Waals surface area contributed by atoms with Crippen LogP contribution in [0, 0.1) is 0 Å². The Hall–Kier alpha value is -0.560. The van der Waals surface area contributed by atoms with Gasteiger partial charge in [-0.1, -0.05) is 22.9 Å². The summed E-state index contributed by atoms with van der Waals surface area (Å²) in [6, 6.07) is 6.26. The molecule has 0 fully saturated rings. The number of halogens is 2. The smallest absolute Gasteiger partial charge is 0.162 e. The third kappa shape index (κ3) is 3.13. The summed E-state index contributed by atoms with van der Waals surface area (Å²) in [6.45, 7) is 4.20. The van der Waals surface area contributed by atoms with E-state index in [2.05, 4.69) is 61.6 Å². The quantitative estimate of drug-likeness (QED) is 0.756. The number of benzene rings is 1. The minimum atomic E-state index is 0.120. The van der Waals surface area contributed by atoms with Crippen molar-refractivity contribution in [3.63, 3.8) is 0 Å². The van der Waals surface area contributed by atoms with Crippen molar-refractivity contribution >= 4 is 43.2 Å². The first-order chi connectivity index (χ1) is 10.2. The first kappa shape index (κ1) is 15.3. The van der Waals surface area contributed by atoms with Gasteiger partial charge in [-0.25, -0.2) is 0 Å². The van der Waals surface area contributed by atoms with Crippen LogP contribution >= 0.6 is 43.2 Å². The Morgan fingerprint density at radius 2 is 1.90 bits per heavy atom. The monoisotopic (exact) mass is 431 g/mol. The lowest BCUT2D eigenvalue weighted by Crippen LogP contribution is -2.22. The Balaban J connectivity index is 2.05. The largest absolute Gasteiger partial charge is 0.486 e. The lowest BCUT2D eigenvalue weighted by molar-refractivity contribution is 0.171. The van der Waals surface area contributed by atoms with E-state index in [-0.39, 0.29) is 6.04 Å². The maximum absolute atomic E-state index is 5.71. The highest BCUT2D eigenvalue weighted by molar-refractivity contribution is 9.10. The number of hydrogen-bond acceptors (Lipinski definition) is 4. The average Bonchev–Trinajstić information content (AvgIpc) is 2.90. The van der Waals surface area contributed by atoms with Gasteiger partial charge < -0.3 is 14.8 Å². The van der Waals surface area contributed by atoms with Crippen molar-refractivity contribution in [3.8, 4) is 11.5 Å². The van der Waals surface area contributed by atoms with Crippen molar-refractivity contribution in [2.24, 2.45) is 0 Å². The van der Waals surface area contributed by atoms with Crippen LogP contribution in [0.5, 0.6) is 11.5 Å². The average molecular weight is 433 g/mol. The van der Waals surface area contributed by atoms with Gasteiger partial charge >= 0.3 is 0 Å². The summed E-state index contributed by atoms with van der Waals surface area (Å²) in [5.74, 6) is 1.62. The van der Waals surface area contributed by atoms with Gasteiger partial charge in [0.15, 0.2) is 11.5 Å². The summed E-state index contributed by atoms with van der Waals surface area (Å²) in [4.78, 5) is 1.26. The molecule has 1 aliphatic rings. The van der Waals surface area contributed by atoms with Gasteiger partial charge in [-0.2, -0.15) is 0 Å². The van der Waals surface area contributed by atoms with E-state index in [9.17, 15) is 0 Å². The molecular formula is C15H15Br2NO2S. The molecule has 0 saturated carbocycles. The second-order valence-corrected chi connectivity index (χ2v) is 7.30. The van der Waals surface area contributed by atoms with Crippen LogP contribution in [0.25, 0.3) is 0 Å². The van der Waals surface area contributed by atoms with E-state index in [0.29, 0.717) is 13.2 Å². The molecule has 1 aromatic heterocycles. The number of fused-ring (bicyclic) bond motifs is 1. The van der Waals surface area contributed by atoms with Gasteiger partial charge in [0.25, 0.3) is 0 Å². The van der Waals surface area contributed by atoms with Crippen LogP contribution in [0.15, 0.2) is 32.5 Å². The molecule has 21 heavy (non-hydrogen) atoms. The molecule has 1 N–H and O–H groups in total. The molecule has 0 bridgehead atoms. The molecular weight excluding hydrogens is 418 g/mol. The molecule has 1 unspecified atom stereocenters. The van der Waals surface area contributed by atoms with Crippen molar-refractivity contribution in [2.45, 2.75) is 13.0 Å². The van der Waals surface area contributed by atoms with E-state index in [1.54, 1.807) is 11.3 Å². The van der Waals surface area contributed by atoms with Crippen molar-refractivity contribution in [1.82, 2.24) is 5.32 Å². The van der Waals surface area contributed by atoms with Crippen molar-refractivity contribution < 1.29 is 9.47 Å². The van der Waals surface area contributed by atoms with Crippen LogP contribution in [-0.4, -0.2) is 19.8 Å². The van der Waals surface area contributed by atoms with Crippen LogP contribution in [0.3, 0.4) is 0 Å². The summed E-state index contributed by atoms with van der Waals surface area (Å²) < 4.78 is 13.5. The van der Waals surface area contributed by atoms with Gasteiger partial charge in [-0.3, -0.25) is 0 Å². The zero-order valence-corrected chi connectivity index (χ0v) is 15.5. The van der Waals surface area contributed by atoms with Crippen molar-refractivity contribution in [1.29, 1.82) is 0 Å². The van der Waals surface area contributed by atoms with E-state index in [1.807, 2.05) is 6.07 Å². The van der Waals surface area contributed by atoms with Gasteiger partial charge in [0.1, 0.15) is 13.2 Å². The molecule has 3 nitrogen and oxygen atoms in total. The van der Waals surface area contributed by atoms with Crippen molar-refractivity contribution in [2.75, 3.05) is 19.8 Å². The Morgan fingerprint density at radius 3 is 2.52 bits per heavy atom. The second-order valence-electron chi connectivity index (χ2n) is 4.64. The van der Waals surface area contributed by atoms with Gasteiger partial charge in [-0.15, -0.1) is 11.3 Å². The molecule has 0 aliphatic carbocycles. The molecule has 112 valence electrons. The van der Waals surface area contributed by atoms with Gasteiger partial charge in [0.2, 0.25) is 0 Å². The molecule has 2 heterocycles. The summed E-state index contributed by atoms with van der Waals surface area (Å²) in [5, 5.41) is 5.64. The molecule has 0 amide bonds. The number of hydrogen-bond donors (Lipinski definition) is 1. The lowest BCUT2D eigenvalue weighted by Gasteiger charge is -2.24. The first-order valence-electron chi connectivity index (χ1n) is 6.76. The lowest BCUT2D eigenvalue weighted by atomic mass is 10.0. The number of nitrogens with one attached hydrogen (secondary N) is 1. The predicted octanol–water partition coefficient (Wildman–Crippen LogP) is 4.74. The number of thiophene rings is 1. The fourth-order valence-electron chi connectivity index (χ4n) is 2.36. The second kappa shape index (κ2) is 6.69. The Bertz CT molecular complexity index is 645. The molecule has 2 aromatic rings. The van der Waals surface area contributed by atoms with Crippen LogP contribution in [0.2, 0.25) is 0 Å². The van der Waals surface area contributed by atoms with Crippen LogP contribution in [-0.2, 0) is 0 Å². The van der Waals surface area contributed by atoms with Crippen LogP contribution in [0.4, 0.5) is 0 Å². The molecule has 6 heteroatoms. The molecule has 1 atom stereocenters. The van der Waals surface area contributed by atoms with Crippen LogP contribution in [0.1, 0.15) is 23.4 Å². The fraction of sp³-hybridized carbons (Fsp3) is 0.333. The Morgan fingerprint density at radius 1 is 1.19 bits per heavy atom. The maximum Gasteiger partial charge on any atom is 0.162 e. The SMILES string of the molecule is CCNC(c1cc2c(cc1Br)OCCO2)c1sccc1Br. The highest BCUT2D eigenvalue weighted by atomic mass is 79.9. The number of ether oxygens (including phenoxy) is 2. The molecule has 1 aliphatic heterocycles. The van der Waals surface area contributed by atoms with E-state index in [1.165, 1.54) is 4.88 Å². The zero-order valence-electron chi connectivity index (χ0n) is 11.5. The molecule has 1 aromatic carbocycles. The standard InChI is InChI=1S/C15H15Br2NO2S/c1-2-18-14(15-10(16)3-6-21-15)9-7-12-13(8-11(9)17)20-5-4-19-12/h3,6-8,14,18H,2,4-5H2,1H3. The van der Waals surface area contributed by atoms with Crippen LogP contribution < -0.4 is 14.8 Å². The topological polar surface area (TPSA) is 30.5 Å². The van der Waals surface area contributed by atoms with E-state index >= 15 is 0 Å². The van der Waals surface area contributed by atoms with Gasteiger partial charge in [0, 0.05) is 13.8 Å². The van der Waals surface area contributed by atoms with Crippen molar-refractivity contribution in [3.05, 3.63) is 43.0 Å². The Labute approximate surface area is 144 Å². The minimum Gasteiger partial charge on any atom is -0.486 e. The highest BCUT2D eigenvalue weighted by Crippen LogP contribution is 2.41. The molecule has 0 radical (unpaired) electrons. The maximum atomic E-state index is 5.71. The highest BCUT2D eigenvalue weighted by Gasteiger charge is 2.23.